The average Bonchev–Trinajstić information content (AvgIpc) is 2.83. The fraction of sp³-hybridized carbons (Fsp3) is 0.214. The van der Waals surface area contributed by atoms with Crippen LogP contribution in [0, 0.1) is 5.82 Å². The third-order valence-electron chi connectivity index (χ3n) is 2.54. The van der Waals surface area contributed by atoms with Gasteiger partial charge in [0.15, 0.2) is 0 Å². The highest BCUT2D eigenvalue weighted by atomic mass is 35.5. The zero-order valence-electron chi connectivity index (χ0n) is 10.6. The molecule has 0 unspecified atom stereocenters. The Morgan fingerprint density at radius 1 is 1.30 bits per heavy atom. The second-order valence-electron chi connectivity index (χ2n) is 4.07. The highest BCUT2D eigenvalue weighted by molar-refractivity contribution is 7.99. The van der Waals surface area contributed by atoms with E-state index in [2.05, 4.69) is 5.32 Å². The largest absolute Gasteiger partial charge is 0.351 e. The number of halogens is 2. The maximum absolute atomic E-state index is 13.3. The van der Waals surface area contributed by atoms with E-state index in [0.29, 0.717) is 11.3 Å². The zero-order chi connectivity index (χ0) is 14.4. The van der Waals surface area contributed by atoms with Gasteiger partial charge in [-0.3, -0.25) is 4.79 Å². The minimum atomic E-state index is -0.298. The van der Waals surface area contributed by atoms with Crippen molar-refractivity contribution < 1.29 is 9.18 Å². The number of thiophene rings is 1. The highest BCUT2D eigenvalue weighted by Gasteiger charge is 2.05. The first-order valence-electron chi connectivity index (χ1n) is 5.97. The molecule has 0 atom stereocenters. The van der Waals surface area contributed by atoms with Crippen LogP contribution in [-0.2, 0) is 17.1 Å². The van der Waals surface area contributed by atoms with Crippen LogP contribution in [0.5, 0.6) is 0 Å². The number of nitrogens with one attached hydrogen (secondary N) is 1. The molecule has 0 aliphatic heterocycles. The zero-order valence-corrected chi connectivity index (χ0v) is 13.0. The quantitative estimate of drug-likeness (QED) is 0.864. The predicted octanol–water partition coefficient (Wildman–Crippen LogP) is 4.09. The van der Waals surface area contributed by atoms with E-state index in [9.17, 15) is 9.18 Å². The van der Waals surface area contributed by atoms with Gasteiger partial charge in [0.25, 0.3) is 0 Å². The van der Waals surface area contributed by atoms with Gasteiger partial charge < -0.3 is 5.32 Å². The summed E-state index contributed by atoms with van der Waals surface area (Å²) in [7, 11) is 0. The first-order valence-corrected chi connectivity index (χ1v) is 8.32. The van der Waals surface area contributed by atoms with Crippen LogP contribution < -0.4 is 5.32 Å². The monoisotopic (exact) mass is 329 g/mol. The molecule has 2 aromatic rings. The van der Waals surface area contributed by atoms with Gasteiger partial charge in [0, 0.05) is 22.7 Å². The third-order valence-corrected chi connectivity index (χ3v) is 4.94. The summed E-state index contributed by atoms with van der Waals surface area (Å²) in [6.07, 6.45) is 0. The molecule has 0 aliphatic rings. The Labute approximate surface area is 130 Å². The van der Waals surface area contributed by atoms with E-state index in [1.165, 1.54) is 29.2 Å². The van der Waals surface area contributed by atoms with Crippen LogP contribution >= 0.6 is 34.7 Å². The van der Waals surface area contributed by atoms with Gasteiger partial charge in [-0.15, -0.1) is 23.1 Å². The molecule has 1 N–H and O–H groups in total. The standard InChI is InChI=1S/C14H13ClFNOS2/c15-13-6-5-11(20-13)8-19-9-14(18)17-7-10-3-1-2-4-12(10)16/h1-6H,7-9H2,(H,17,18). The fourth-order valence-corrected chi connectivity index (χ4v) is 3.62. The van der Waals surface area contributed by atoms with E-state index in [0.717, 1.165) is 15.0 Å². The lowest BCUT2D eigenvalue weighted by Gasteiger charge is -2.05. The van der Waals surface area contributed by atoms with Crippen molar-refractivity contribution in [2.75, 3.05) is 5.75 Å². The summed E-state index contributed by atoms with van der Waals surface area (Å²) in [6, 6.07) is 10.2. The molecule has 1 heterocycles. The third kappa shape index (κ3) is 4.81. The molecule has 20 heavy (non-hydrogen) atoms. The number of carbonyl (C=O) groups is 1. The summed E-state index contributed by atoms with van der Waals surface area (Å²) in [5.74, 6) is 0.712. The number of hydrogen-bond donors (Lipinski definition) is 1. The molecule has 0 saturated heterocycles. The average molecular weight is 330 g/mol. The lowest BCUT2D eigenvalue weighted by molar-refractivity contribution is -0.118. The van der Waals surface area contributed by atoms with Gasteiger partial charge in [-0.05, 0) is 18.2 Å². The molecule has 106 valence electrons. The van der Waals surface area contributed by atoms with Crippen molar-refractivity contribution in [2.45, 2.75) is 12.3 Å². The Morgan fingerprint density at radius 3 is 2.80 bits per heavy atom. The molecule has 6 heteroatoms. The molecule has 1 amide bonds. The number of rotatable bonds is 6. The molecular weight excluding hydrogens is 317 g/mol. The molecule has 1 aromatic heterocycles. The maximum atomic E-state index is 13.3. The smallest absolute Gasteiger partial charge is 0.230 e. The van der Waals surface area contributed by atoms with Crippen LogP contribution in [0.2, 0.25) is 4.34 Å². The Balaban J connectivity index is 1.69. The van der Waals surface area contributed by atoms with Crippen molar-refractivity contribution in [2.24, 2.45) is 0 Å². The van der Waals surface area contributed by atoms with Crippen LogP contribution in [0.1, 0.15) is 10.4 Å². The van der Waals surface area contributed by atoms with E-state index in [1.54, 1.807) is 18.2 Å². The Morgan fingerprint density at radius 2 is 2.10 bits per heavy atom. The topological polar surface area (TPSA) is 29.1 Å². The van der Waals surface area contributed by atoms with Crippen LogP contribution in [0.4, 0.5) is 4.39 Å². The van der Waals surface area contributed by atoms with Crippen molar-refractivity contribution >= 4 is 40.6 Å². The van der Waals surface area contributed by atoms with E-state index < -0.39 is 0 Å². The van der Waals surface area contributed by atoms with Crippen molar-refractivity contribution in [3.05, 3.63) is 57.0 Å². The molecule has 0 fully saturated rings. The van der Waals surface area contributed by atoms with Crippen molar-refractivity contribution in [1.82, 2.24) is 5.32 Å². The van der Waals surface area contributed by atoms with Crippen molar-refractivity contribution in [1.29, 1.82) is 0 Å². The van der Waals surface area contributed by atoms with Gasteiger partial charge >= 0.3 is 0 Å². The van der Waals surface area contributed by atoms with Gasteiger partial charge in [-0.25, -0.2) is 4.39 Å². The van der Waals surface area contributed by atoms with Gasteiger partial charge in [-0.2, -0.15) is 0 Å². The van der Waals surface area contributed by atoms with E-state index in [1.807, 2.05) is 12.1 Å². The molecule has 0 radical (unpaired) electrons. The Kier molecular flexibility index (Phi) is 5.88. The summed E-state index contributed by atoms with van der Waals surface area (Å²) >= 11 is 8.86. The minimum absolute atomic E-state index is 0.0964. The molecular formula is C14H13ClFNOS2. The molecule has 2 rings (SSSR count). The lowest BCUT2D eigenvalue weighted by Crippen LogP contribution is -2.25. The first-order chi connectivity index (χ1) is 9.65. The maximum Gasteiger partial charge on any atom is 0.230 e. The number of benzene rings is 1. The van der Waals surface area contributed by atoms with Gasteiger partial charge in [0.1, 0.15) is 5.82 Å². The summed E-state index contributed by atoms with van der Waals surface area (Å²) in [5, 5.41) is 2.71. The van der Waals surface area contributed by atoms with Crippen molar-refractivity contribution in [3.63, 3.8) is 0 Å². The molecule has 0 aliphatic carbocycles. The summed E-state index contributed by atoms with van der Waals surface area (Å²) in [5.41, 5.74) is 0.496. The van der Waals surface area contributed by atoms with Crippen LogP contribution in [-0.4, -0.2) is 11.7 Å². The Bertz CT molecular complexity index is 588. The summed E-state index contributed by atoms with van der Waals surface area (Å²) < 4.78 is 14.1. The van der Waals surface area contributed by atoms with Crippen LogP contribution in [0.25, 0.3) is 0 Å². The van der Waals surface area contributed by atoms with Crippen LogP contribution in [0.3, 0.4) is 0 Å². The van der Waals surface area contributed by atoms with E-state index in [-0.39, 0.29) is 18.3 Å². The van der Waals surface area contributed by atoms with Crippen molar-refractivity contribution in [3.8, 4) is 0 Å². The number of amides is 1. The Hall–Kier alpha value is -1.04. The number of hydrogen-bond acceptors (Lipinski definition) is 3. The normalized spacial score (nSPS) is 10.5. The first kappa shape index (κ1) is 15.4. The molecule has 0 spiro atoms. The highest BCUT2D eigenvalue weighted by Crippen LogP contribution is 2.24. The summed E-state index contributed by atoms with van der Waals surface area (Å²) in [4.78, 5) is 12.8. The number of thioether (sulfide) groups is 1. The van der Waals surface area contributed by atoms with E-state index >= 15 is 0 Å². The minimum Gasteiger partial charge on any atom is -0.351 e. The number of carbonyl (C=O) groups excluding carboxylic acids is 1. The lowest BCUT2D eigenvalue weighted by atomic mass is 10.2. The van der Waals surface area contributed by atoms with Crippen LogP contribution in [0.15, 0.2) is 36.4 Å². The predicted molar refractivity (Wildman–Crippen MR) is 83.7 cm³/mol. The molecule has 0 bridgehead atoms. The molecule has 1 aromatic carbocycles. The second-order valence-corrected chi connectivity index (χ2v) is 6.85. The van der Waals surface area contributed by atoms with Gasteiger partial charge in [0.2, 0.25) is 5.91 Å². The molecule has 2 nitrogen and oxygen atoms in total. The van der Waals surface area contributed by atoms with E-state index in [4.69, 9.17) is 11.6 Å². The fourth-order valence-electron chi connectivity index (χ4n) is 1.56. The second kappa shape index (κ2) is 7.67. The van der Waals surface area contributed by atoms with Gasteiger partial charge in [0.05, 0.1) is 10.1 Å². The van der Waals surface area contributed by atoms with Gasteiger partial charge in [-0.1, -0.05) is 29.8 Å². The summed E-state index contributed by atoms with van der Waals surface area (Å²) in [6.45, 7) is 0.219. The molecule has 0 saturated carbocycles. The SMILES string of the molecule is O=C(CSCc1ccc(Cl)s1)NCc1ccccc1F.